The van der Waals surface area contributed by atoms with Gasteiger partial charge in [0.2, 0.25) is 5.91 Å². The Morgan fingerprint density at radius 2 is 1.68 bits per heavy atom. The van der Waals surface area contributed by atoms with Crippen molar-refractivity contribution >= 4 is 44.7 Å². The second-order valence-corrected chi connectivity index (χ2v) is 10.7. The van der Waals surface area contributed by atoms with Crippen LogP contribution in [0.4, 0.5) is 5.69 Å². The largest absolute Gasteiger partial charge is 0.319 e. The molecule has 1 amide bonds. The number of carbonyl (C=O) groups is 1. The lowest BCUT2D eigenvalue weighted by molar-refractivity contribution is -0.119. The molecule has 0 aliphatic carbocycles. The van der Waals surface area contributed by atoms with Gasteiger partial charge in [-0.05, 0) is 48.9 Å². The summed E-state index contributed by atoms with van der Waals surface area (Å²) < 4.78 is 3.99. The summed E-state index contributed by atoms with van der Waals surface area (Å²) in [6, 6.07) is 27.7. The van der Waals surface area contributed by atoms with E-state index in [9.17, 15) is 20.1 Å². The summed E-state index contributed by atoms with van der Waals surface area (Å²) in [5.41, 5.74) is 2.11. The molecule has 0 aliphatic rings. The molecule has 5 rings (SSSR count). The van der Waals surface area contributed by atoms with Gasteiger partial charge in [0.1, 0.15) is 22.5 Å². The van der Waals surface area contributed by atoms with Crippen LogP contribution >= 0.6 is 22.9 Å². The molecule has 0 fully saturated rings. The Kier molecular flexibility index (Phi) is 7.52. The number of thiazole rings is 1. The van der Waals surface area contributed by atoms with Crippen LogP contribution in [0.1, 0.15) is 28.1 Å². The maximum absolute atomic E-state index is 13.8. The maximum atomic E-state index is 13.8. The van der Waals surface area contributed by atoms with Crippen molar-refractivity contribution in [2.75, 3.05) is 5.32 Å². The molecule has 198 valence electrons. The van der Waals surface area contributed by atoms with Gasteiger partial charge < -0.3 is 5.32 Å². The second kappa shape index (κ2) is 11.2. The van der Waals surface area contributed by atoms with Gasteiger partial charge in [-0.1, -0.05) is 54.1 Å². The van der Waals surface area contributed by atoms with Gasteiger partial charge in [-0.15, -0.1) is 11.3 Å². The average Bonchev–Trinajstić information content (AvgIpc) is 3.48. The molecule has 0 aliphatic heterocycles. The topological polar surface area (TPSA) is 117 Å². The minimum atomic E-state index is -1.32. The summed E-state index contributed by atoms with van der Waals surface area (Å²) in [4.78, 5) is 31.8. The normalized spacial score (nSPS) is 13.2. The number of anilines is 1. The molecule has 40 heavy (non-hydrogen) atoms. The van der Waals surface area contributed by atoms with Gasteiger partial charge in [0.15, 0.2) is 0 Å². The third-order valence-electron chi connectivity index (χ3n) is 6.91. The third kappa shape index (κ3) is 4.89. The van der Waals surface area contributed by atoms with Crippen molar-refractivity contribution in [1.29, 1.82) is 10.5 Å². The number of para-hydroxylation sites is 2. The van der Waals surface area contributed by atoms with Gasteiger partial charge >= 0.3 is 0 Å². The summed E-state index contributed by atoms with van der Waals surface area (Å²) in [5.74, 6) is -3.79. The zero-order valence-corrected chi connectivity index (χ0v) is 23.1. The quantitative estimate of drug-likeness (QED) is 0.262. The number of aromatic nitrogens is 3. The maximum Gasteiger partial charge on any atom is 0.295 e. The number of rotatable bonds is 7. The van der Waals surface area contributed by atoms with Gasteiger partial charge in [-0.3, -0.25) is 14.3 Å². The van der Waals surface area contributed by atoms with Crippen LogP contribution in [-0.4, -0.2) is 20.3 Å². The molecule has 0 saturated carbocycles. The number of halogens is 1. The summed E-state index contributed by atoms with van der Waals surface area (Å²) in [7, 11) is 1.72. The van der Waals surface area contributed by atoms with E-state index in [4.69, 9.17) is 11.6 Å². The number of carbonyl (C=O) groups excluding carboxylic acids is 1. The Morgan fingerprint density at radius 3 is 2.33 bits per heavy atom. The smallest absolute Gasteiger partial charge is 0.295 e. The lowest BCUT2D eigenvalue weighted by Gasteiger charge is -2.25. The Morgan fingerprint density at radius 1 is 1.00 bits per heavy atom. The van der Waals surface area contributed by atoms with Crippen molar-refractivity contribution in [2.45, 2.75) is 18.8 Å². The molecule has 0 saturated heterocycles. The third-order valence-corrected chi connectivity index (χ3v) is 8.28. The lowest BCUT2D eigenvalue weighted by Crippen LogP contribution is -2.32. The first-order valence-corrected chi connectivity index (χ1v) is 13.6. The highest BCUT2D eigenvalue weighted by Crippen LogP contribution is 2.41. The zero-order chi connectivity index (χ0) is 28.4. The summed E-state index contributed by atoms with van der Waals surface area (Å²) >= 11 is 7.48. The van der Waals surface area contributed by atoms with Gasteiger partial charge in [0.25, 0.3) is 5.56 Å². The van der Waals surface area contributed by atoms with E-state index in [0.717, 1.165) is 10.2 Å². The number of hydrogen-bond acceptors (Lipinski definition) is 6. The minimum absolute atomic E-state index is 0.0694. The van der Waals surface area contributed by atoms with Gasteiger partial charge in [0.05, 0.1) is 33.7 Å². The molecule has 1 N–H and O–H groups in total. The van der Waals surface area contributed by atoms with E-state index in [1.807, 2.05) is 42.5 Å². The van der Waals surface area contributed by atoms with E-state index in [1.54, 1.807) is 55.1 Å². The van der Waals surface area contributed by atoms with Gasteiger partial charge in [-0.2, -0.15) is 10.5 Å². The van der Waals surface area contributed by atoms with Gasteiger partial charge in [0, 0.05) is 18.0 Å². The number of hydrogen-bond donors (Lipinski definition) is 1. The molecule has 3 aromatic carbocycles. The fourth-order valence-corrected chi connectivity index (χ4v) is 5.98. The highest BCUT2D eigenvalue weighted by atomic mass is 35.5. The minimum Gasteiger partial charge on any atom is -0.319 e. The first-order chi connectivity index (χ1) is 19.3. The van der Waals surface area contributed by atoms with Crippen LogP contribution in [0.2, 0.25) is 5.02 Å². The molecule has 3 atom stereocenters. The van der Waals surface area contributed by atoms with Crippen LogP contribution in [0.3, 0.4) is 0 Å². The van der Waals surface area contributed by atoms with E-state index < -0.39 is 29.2 Å². The number of nitriles is 2. The Labute approximate surface area is 239 Å². The summed E-state index contributed by atoms with van der Waals surface area (Å²) in [6.45, 7) is 1.72. The molecular formula is C30H23ClN6O2S. The van der Waals surface area contributed by atoms with Crippen LogP contribution < -0.4 is 10.9 Å². The lowest BCUT2D eigenvalue weighted by atomic mass is 9.77. The number of nitrogens with zero attached hydrogens (tertiary/aromatic N) is 5. The molecule has 5 aromatic rings. The Bertz CT molecular complexity index is 1810. The van der Waals surface area contributed by atoms with Crippen molar-refractivity contribution < 1.29 is 4.79 Å². The van der Waals surface area contributed by atoms with Crippen LogP contribution in [0.5, 0.6) is 0 Å². The number of amides is 1. The standard InChI is InChI=1S/C30H23ClN6O2S/c1-18-27(30(39)37(36(18)2)21-8-4-3-5-9-21)35-28(38)22(16-32)26(19-12-14-20(31)15-13-19)23(17-33)29-34-24-10-6-7-11-25(24)40-29/h3-15,22-23,26H,1-2H3,(H,35,38). The predicted octanol–water partition coefficient (Wildman–Crippen LogP) is 5.92. The molecule has 2 aromatic heterocycles. The predicted molar refractivity (Wildman–Crippen MR) is 156 cm³/mol. The fraction of sp³-hybridized carbons (Fsp3) is 0.167. The highest BCUT2D eigenvalue weighted by molar-refractivity contribution is 7.18. The Hall–Kier alpha value is -4.70. The zero-order valence-electron chi connectivity index (χ0n) is 21.6. The van der Waals surface area contributed by atoms with Crippen molar-refractivity contribution in [3.8, 4) is 17.8 Å². The molecule has 2 heterocycles. The molecule has 8 nitrogen and oxygen atoms in total. The number of nitrogens with one attached hydrogen (secondary N) is 1. The molecule has 0 radical (unpaired) electrons. The number of fused-ring (bicyclic) bond motifs is 1. The van der Waals surface area contributed by atoms with Crippen molar-refractivity contribution in [1.82, 2.24) is 14.3 Å². The molecular weight excluding hydrogens is 544 g/mol. The SMILES string of the molecule is Cc1c(NC(=O)C(C#N)C(c2ccc(Cl)cc2)C(C#N)c2nc3ccccc3s2)c(=O)n(-c2ccccc2)n1C. The summed E-state index contributed by atoms with van der Waals surface area (Å²) in [5, 5.41) is 24.4. The van der Waals surface area contributed by atoms with E-state index >= 15 is 0 Å². The van der Waals surface area contributed by atoms with Crippen molar-refractivity contribution in [3.63, 3.8) is 0 Å². The van der Waals surface area contributed by atoms with E-state index in [-0.39, 0.29) is 5.69 Å². The van der Waals surface area contributed by atoms with E-state index in [2.05, 4.69) is 22.4 Å². The molecule has 10 heteroatoms. The first kappa shape index (κ1) is 26.9. The average molecular weight is 567 g/mol. The highest BCUT2D eigenvalue weighted by Gasteiger charge is 2.39. The Balaban J connectivity index is 1.57. The summed E-state index contributed by atoms with van der Waals surface area (Å²) in [6.07, 6.45) is 0. The molecule has 3 unspecified atom stereocenters. The van der Waals surface area contributed by atoms with E-state index in [1.165, 1.54) is 16.0 Å². The van der Waals surface area contributed by atoms with Gasteiger partial charge in [-0.25, -0.2) is 9.67 Å². The van der Waals surface area contributed by atoms with Crippen LogP contribution in [0.25, 0.3) is 15.9 Å². The van der Waals surface area contributed by atoms with Crippen molar-refractivity contribution in [3.05, 3.63) is 111 Å². The fourth-order valence-electron chi connectivity index (χ4n) is 4.79. The second-order valence-electron chi connectivity index (χ2n) is 9.24. The van der Waals surface area contributed by atoms with Crippen LogP contribution in [0.15, 0.2) is 83.7 Å². The monoisotopic (exact) mass is 566 g/mol. The van der Waals surface area contributed by atoms with E-state index in [0.29, 0.717) is 27.0 Å². The van der Waals surface area contributed by atoms with Crippen LogP contribution in [-0.2, 0) is 11.8 Å². The first-order valence-electron chi connectivity index (χ1n) is 12.4. The molecule has 0 spiro atoms. The number of benzene rings is 3. The van der Waals surface area contributed by atoms with Crippen molar-refractivity contribution in [2.24, 2.45) is 13.0 Å². The van der Waals surface area contributed by atoms with Crippen LogP contribution in [0, 0.1) is 35.5 Å². The molecule has 0 bridgehead atoms.